The van der Waals surface area contributed by atoms with Crippen molar-refractivity contribution in [3.8, 4) is 11.3 Å². The normalized spacial score (nSPS) is 11.5. The van der Waals surface area contributed by atoms with E-state index in [4.69, 9.17) is 4.42 Å². The van der Waals surface area contributed by atoms with Gasteiger partial charge in [-0.15, -0.1) is 0 Å². The van der Waals surface area contributed by atoms with E-state index in [0.29, 0.717) is 11.1 Å². The maximum absolute atomic E-state index is 11.3. The van der Waals surface area contributed by atoms with Gasteiger partial charge in [-0.3, -0.25) is 0 Å². The lowest BCUT2D eigenvalue weighted by Crippen LogP contribution is -1.98. The van der Waals surface area contributed by atoms with Gasteiger partial charge in [0.25, 0.3) is 0 Å². The largest absolute Gasteiger partial charge is 0.478 e. The second-order valence-electron chi connectivity index (χ2n) is 7.16. The van der Waals surface area contributed by atoms with Gasteiger partial charge in [-0.25, -0.2) is 4.79 Å². The van der Waals surface area contributed by atoms with Gasteiger partial charge < -0.3 is 9.52 Å². The molecule has 3 nitrogen and oxygen atoms in total. The third-order valence-corrected chi connectivity index (χ3v) is 5.25. The topological polar surface area (TPSA) is 50.4 Å². The minimum absolute atomic E-state index is 0.292. The van der Waals surface area contributed by atoms with Crippen molar-refractivity contribution < 1.29 is 14.3 Å². The van der Waals surface area contributed by atoms with E-state index in [1.165, 1.54) is 0 Å². The number of carbonyl (C=O) groups is 1. The van der Waals surface area contributed by atoms with Crippen LogP contribution in [-0.4, -0.2) is 11.1 Å². The fourth-order valence-electron chi connectivity index (χ4n) is 3.69. The molecule has 1 aromatic heterocycles. The molecular weight excluding hydrogens is 372 g/mol. The Bertz CT molecular complexity index is 1410. The molecule has 0 saturated carbocycles. The zero-order valence-corrected chi connectivity index (χ0v) is 16.1. The summed E-state index contributed by atoms with van der Waals surface area (Å²) in [7, 11) is 0. The molecule has 0 aliphatic carbocycles. The number of fused-ring (bicyclic) bond motifs is 3. The first-order valence-electron chi connectivity index (χ1n) is 9.71. The summed E-state index contributed by atoms with van der Waals surface area (Å²) in [6.45, 7) is 0. The first-order chi connectivity index (χ1) is 14.7. The average molecular weight is 390 g/mol. The Morgan fingerprint density at radius 1 is 0.767 bits per heavy atom. The molecule has 30 heavy (non-hydrogen) atoms. The molecule has 5 aromatic rings. The fraction of sp³-hybridized carbons (Fsp3) is 0. The summed E-state index contributed by atoms with van der Waals surface area (Å²) in [6.07, 6.45) is 3.74. The van der Waals surface area contributed by atoms with E-state index in [1.54, 1.807) is 18.2 Å². The van der Waals surface area contributed by atoms with Crippen molar-refractivity contribution in [2.75, 3.05) is 0 Å². The van der Waals surface area contributed by atoms with Gasteiger partial charge in [0.15, 0.2) is 0 Å². The molecular formula is C27H18O3. The fourth-order valence-corrected chi connectivity index (χ4v) is 3.69. The maximum Gasteiger partial charge on any atom is 0.336 e. The molecule has 3 heteroatoms. The molecule has 0 radical (unpaired) electrons. The molecule has 0 unspecified atom stereocenters. The van der Waals surface area contributed by atoms with E-state index < -0.39 is 5.97 Å². The Labute approximate surface area is 173 Å². The van der Waals surface area contributed by atoms with Crippen LogP contribution in [0.3, 0.4) is 0 Å². The number of benzene rings is 4. The molecule has 144 valence electrons. The van der Waals surface area contributed by atoms with Crippen LogP contribution in [0.25, 0.3) is 45.2 Å². The minimum atomic E-state index is -0.928. The summed E-state index contributed by atoms with van der Waals surface area (Å²) in [5.74, 6) is -0.101. The van der Waals surface area contributed by atoms with Gasteiger partial charge in [-0.1, -0.05) is 91.0 Å². The minimum Gasteiger partial charge on any atom is -0.478 e. The summed E-state index contributed by atoms with van der Waals surface area (Å²) in [5, 5.41) is 12.7. The van der Waals surface area contributed by atoms with Crippen molar-refractivity contribution in [1.82, 2.24) is 0 Å². The molecule has 0 fully saturated rings. The predicted octanol–water partition coefficient (Wildman–Crippen LogP) is 7.12. The monoisotopic (exact) mass is 390 g/mol. The lowest BCUT2D eigenvalue weighted by atomic mass is 10.0. The number of carboxylic acid groups (broad SMARTS) is 1. The van der Waals surface area contributed by atoms with E-state index in [9.17, 15) is 9.90 Å². The summed E-state index contributed by atoms with van der Waals surface area (Å²) >= 11 is 0. The number of hydrogen-bond donors (Lipinski definition) is 1. The Kier molecular flexibility index (Phi) is 4.41. The molecule has 0 aliphatic rings. The molecule has 1 N–H and O–H groups in total. The van der Waals surface area contributed by atoms with E-state index in [2.05, 4.69) is 30.3 Å². The molecule has 1 heterocycles. The van der Waals surface area contributed by atoms with Crippen LogP contribution in [0.4, 0.5) is 0 Å². The van der Waals surface area contributed by atoms with Gasteiger partial charge in [0.2, 0.25) is 0 Å². The Hall–Kier alpha value is -4.11. The quantitative estimate of drug-likeness (QED) is 0.332. The molecule has 0 saturated heterocycles. The van der Waals surface area contributed by atoms with Gasteiger partial charge in [0.05, 0.1) is 5.56 Å². The van der Waals surface area contributed by atoms with Crippen LogP contribution >= 0.6 is 0 Å². The summed E-state index contributed by atoms with van der Waals surface area (Å²) in [6, 6.07) is 29.5. The number of aromatic carboxylic acids is 1. The smallest absolute Gasteiger partial charge is 0.336 e. The molecule has 0 aliphatic heterocycles. The summed E-state index contributed by atoms with van der Waals surface area (Å²) in [4.78, 5) is 11.3. The number of hydrogen-bond acceptors (Lipinski definition) is 2. The standard InChI is InChI=1S/C27H18O3/c28-27(29)24-8-4-2-6-20(24)12-9-18-10-13-21(14-11-18)25-17-22-16-15-19-5-1-3-7-23(19)26(22)30-25/h1-17H,(H,28,29)/b12-9+. The highest BCUT2D eigenvalue weighted by Gasteiger charge is 2.09. The van der Waals surface area contributed by atoms with E-state index in [0.717, 1.165) is 38.6 Å². The molecule has 4 aromatic carbocycles. The highest BCUT2D eigenvalue weighted by Crippen LogP contribution is 2.33. The van der Waals surface area contributed by atoms with Gasteiger partial charge in [-0.05, 0) is 28.6 Å². The van der Waals surface area contributed by atoms with Crippen LogP contribution < -0.4 is 0 Å². The molecule has 5 rings (SSSR count). The van der Waals surface area contributed by atoms with Gasteiger partial charge in [-0.2, -0.15) is 0 Å². The average Bonchev–Trinajstić information content (AvgIpc) is 3.23. The number of carboxylic acids is 1. The van der Waals surface area contributed by atoms with Crippen LogP contribution in [0.1, 0.15) is 21.5 Å². The second kappa shape index (κ2) is 7.37. The second-order valence-corrected chi connectivity index (χ2v) is 7.16. The van der Waals surface area contributed by atoms with E-state index in [-0.39, 0.29) is 0 Å². The Morgan fingerprint density at radius 2 is 1.50 bits per heavy atom. The van der Waals surface area contributed by atoms with Crippen molar-refractivity contribution in [2.45, 2.75) is 0 Å². The van der Waals surface area contributed by atoms with Crippen LogP contribution in [0.15, 0.2) is 95.4 Å². The van der Waals surface area contributed by atoms with Crippen LogP contribution in [0, 0.1) is 0 Å². The Balaban J connectivity index is 1.45. The van der Waals surface area contributed by atoms with Crippen LogP contribution in [-0.2, 0) is 0 Å². The third-order valence-electron chi connectivity index (χ3n) is 5.25. The van der Waals surface area contributed by atoms with Crippen molar-refractivity contribution in [2.24, 2.45) is 0 Å². The highest BCUT2D eigenvalue weighted by molar-refractivity contribution is 6.05. The third kappa shape index (κ3) is 3.27. The zero-order valence-electron chi connectivity index (χ0n) is 16.1. The zero-order chi connectivity index (χ0) is 20.5. The summed E-state index contributed by atoms with van der Waals surface area (Å²) in [5.41, 5.74) is 3.86. The lowest BCUT2D eigenvalue weighted by Gasteiger charge is -2.01. The van der Waals surface area contributed by atoms with Gasteiger partial charge >= 0.3 is 5.97 Å². The Morgan fingerprint density at radius 3 is 2.33 bits per heavy atom. The highest BCUT2D eigenvalue weighted by atomic mass is 16.4. The summed E-state index contributed by atoms with van der Waals surface area (Å²) < 4.78 is 6.20. The lowest BCUT2D eigenvalue weighted by molar-refractivity contribution is 0.0696. The van der Waals surface area contributed by atoms with Crippen molar-refractivity contribution in [1.29, 1.82) is 0 Å². The SMILES string of the molecule is O=C(O)c1ccccc1/C=C/c1ccc(-c2cc3ccc4ccccc4c3o2)cc1. The molecule has 0 spiro atoms. The molecule has 0 amide bonds. The van der Waals surface area contributed by atoms with Crippen LogP contribution in [0.2, 0.25) is 0 Å². The van der Waals surface area contributed by atoms with Gasteiger partial charge in [0, 0.05) is 16.3 Å². The first kappa shape index (κ1) is 18.0. The first-order valence-corrected chi connectivity index (χ1v) is 9.71. The van der Waals surface area contributed by atoms with Crippen LogP contribution in [0.5, 0.6) is 0 Å². The molecule has 0 atom stereocenters. The van der Waals surface area contributed by atoms with Crippen molar-refractivity contribution in [3.05, 3.63) is 108 Å². The van der Waals surface area contributed by atoms with Gasteiger partial charge in [0.1, 0.15) is 11.3 Å². The molecule has 0 bridgehead atoms. The number of rotatable bonds is 4. The predicted molar refractivity (Wildman–Crippen MR) is 121 cm³/mol. The maximum atomic E-state index is 11.3. The van der Waals surface area contributed by atoms with Crippen molar-refractivity contribution in [3.63, 3.8) is 0 Å². The van der Waals surface area contributed by atoms with E-state index >= 15 is 0 Å². The van der Waals surface area contributed by atoms with Crippen molar-refractivity contribution >= 4 is 39.9 Å². The number of furan rings is 1. The van der Waals surface area contributed by atoms with E-state index in [1.807, 2.05) is 54.6 Å².